The molecule has 0 aliphatic rings. The first-order valence-corrected chi connectivity index (χ1v) is 6.81. The van der Waals surface area contributed by atoms with Crippen LogP contribution in [0.15, 0.2) is 60.7 Å². The van der Waals surface area contributed by atoms with Crippen LogP contribution in [-0.2, 0) is 11.3 Å². The Kier molecular flexibility index (Phi) is 3.66. The number of ether oxygens (including phenoxy) is 1. The van der Waals surface area contributed by atoms with E-state index in [-0.39, 0.29) is 18.1 Å². The van der Waals surface area contributed by atoms with Gasteiger partial charge in [0.15, 0.2) is 11.5 Å². The molecule has 3 rings (SSSR count). The first-order valence-electron chi connectivity index (χ1n) is 6.81. The van der Waals surface area contributed by atoms with E-state index in [4.69, 9.17) is 4.74 Å². The Bertz CT molecular complexity index is 839. The van der Waals surface area contributed by atoms with E-state index in [0.717, 1.165) is 10.8 Å². The van der Waals surface area contributed by atoms with Gasteiger partial charge < -0.3 is 14.9 Å². The summed E-state index contributed by atoms with van der Waals surface area (Å²) in [5, 5.41) is 21.1. The molecule has 0 fully saturated rings. The molecular formula is C18H14O4. The molecule has 4 heteroatoms. The van der Waals surface area contributed by atoms with Gasteiger partial charge in [-0.15, -0.1) is 0 Å². The van der Waals surface area contributed by atoms with Crippen molar-refractivity contribution in [3.05, 3.63) is 71.8 Å². The second-order valence-electron chi connectivity index (χ2n) is 4.92. The molecule has 0 aliphatic carbocycles. The van der Waals surface area contributed by atoms with Crippen LogP contribution < -0.4 is 0 Å². The summed E-state index contributed by atoms with van der Waals surface area (Å²) in [6.45, 7) is -0.105. The molecule has 0 heterocycles. The number of carbonyl (C=O) groups excluding carboxylic acids is 1. The van der Waals surface area contributed by atoms with E-state index >= 15 is 0 Å². The molecule has 3 aromatic rings. The normalized spacial score (nSPS) is 10.5. The molecule has 4 nitrogen and oxygen atoms in total. The average Bonchev–Trinajstić information content (AvgIpc) is 2.55. The molecular weight excluding hydrogens is 280 g/mol. The molecule has 0 radical (unpaired) electrons. The number of para-hydroxylation sites is 1. The number of phenolic OH excluding ortho intramolecular Hbond substituents is 2. The number of benzene rings is 3. The van der Waals surface area contributed by atoms with Crippen LogP contribution in [0.5, 0.6) is 11.5 Å². The molecule has 0 saturated carbocycles. The molecule has 110 valence electrons. The van der Waals surface area contributed by atoms with Crippen molar-refractivity contribution in [2.24, 2.45) is 0 Å². The monoisotopic (exact) mass is 294 g/mol. The Morgan fingerprint density at radius 1 is 0.909 bits per heavy atom. The average molecular weight is 294 g/mol. The Morgan fingerprint density at radius 3 is 2.50 bits per heavy atom. The molecule has 0 bridgehead atoms. The van der Waals surface area contributed by atoms with Crippen LogP contribution >= 0.6 is 0 Å². The van der Waals surface area contributed by atoms with Crippen molar-refractivity contribution in [1.82, 2.24) is 0 Å². The van der Waals surface area contributed by atoms with Crippen molar-refractivity contribution in [2.45, 2.75) is 6.61 Å². The highest BCUT2D eigenvalue weighted by molar-refractivity contribution is 5.95. The highest BCUT2D eigenvalue weighted by atomic mass is 16.5. The van der Waals surface area contributed by atoms with E-state index in [1.165, 1.54) is 6.07 Å². The third-order valence-corrected chi connectivity index (χ3v) is 3.44. The number of esters is 1. The van der Waals surface area contributed by atoms with Gasteiger partial charge in [-0.3, -0.25) is 0 Å². The third kappa shape index (κ3) is 2.72. The first-order chi connectivity index (χ1) is 10.6. The van der Waals surface area contributed by atoms with Gasteiger partial charge in [-0.1, -0.05) is 42.5 Å². The number of rotatable bonds is 3. The highest BCUT2D eigenvalue weighted by Crippen LogP contribution is 2.28. The van der Waals surface area contributed by atoms with Crippen molar-refractivity contribution >= 4 is 16.7 Å². The predicted octanol–water partition coefficient (Wildman–Crippen LogP) is 3.61. The molecule has 3 aromatic carbocycles. The van der Waals surface area contributed by atoms with Crippen LogP contribution in [0.2, 0.25) is 0 Å². The molecule has 0 aromatic heterocycles. The van der Waals surface area contributed by atoms with Gasteiger partial charge in [0.2, 0.25) is 0 Å². The van der Waals surface area contributed by atoms with Crippen molar-refractivity contribution in [2.75, 3.05) is 0 Å². The van der Waals surface area contributed by atoms with Gasteiger partial charge in [-0.05, 0) is 29.0 Å². The Morgan fingerprint density at radius 2 is 1.68 bits per heavy atom. The minimum absolute atomic E-state index is 0.105. The standard InChI is InChI=1S/C18H14O4/c19-16-7-3-6-15(17(16)20)11-22-18(21)14-9-8-12-4-1-2-5-13(12)10-14/h1-10,19-20H,11H2. The van der Waals surface area contributed by atoms with Crippen molar-refractivity contribution < 1.29 is 19.7 Å². The summed E-state index contributed by atoms with van der Waals surface area (Å²) < 4.78 is 5.19. The number of aromatic hydroxyl groups is 2. The van der Waals surface area contributed by atoms with E-state index < -0.39 is 5.97 Å². The minimum atomic E-state index is -0.478. The van der Waals surface area contributed by atoms with Crippen molar-refractivity contribution in [3.63, 3.8) is 0 Å². The fourth-order valence-electron chi connectivity index (χ4n) is 2.24. The van der Waals surface area contributed by atoms with Crippen LogP contribution in [0.3, 0.4) is 0 Å². The number of hydrogen-bond donors (Lipinski definition) is 2. The van der Waals surface area contributed by atoms with E-state index in [2.05, 4.69) is 0 Å². The van der Waals surface area contributed by atoms with Gasteiger partial charge in [0.05, 0.1) is 5.56 Å². The van der Waals surface area contributed by atoms with Gasteiger partial charge in [0, 0.05) is 5.56 Å². The Balaban J connectivity index is 1.77. The van der Waals surface area contributed by atoms with Gasteiger partial charge in [-0.2, -0.15) is 0 Å². The summed E-state index contributed by atoms with van der Waals surface area (Å²) in [6.07, 6.45) is 0. The smallest absolute Gasteiger partial charge is 0.338 e. The van der Waals surface area contributed by atoms with E-state index in [9.17, 15) is 15.0 Å². The summed E-state index contributed by atoms with van der Waals surface area (Å²) in [4.78, 5) is 12.1. The lowest BCUT2D eigenvalue weighted by molar-refractivity contribution is 0.0470. The minimum Gasteiger partial charge on any atom is -0.504 e. The number of fused-ring (bicyclic) bond motifs is 1. The summed E-state index contributed by atoms with van der Waals surface area (Å²) in [5.74, 6) is -0.985. The first kappa shape index (κ1) is 13.9. The fourth-order valence-corrected chi connectivity index (χ4v) is 2.24. The highest BCUT2D eigenvalue weighted by Gasteiger charge is 2.11. The van der Waals surface area contributed by atoms with Gasteiger partial charge in [0.1, 0.15) is 6.61 Å². The third-order valence-electron chi connectivity index (χ3n) is 3.44. The van der Waals surface area contributed by atoms with Crippen LogP contribution in [0.4, 0.5) is 0 Å². The molecule has 0 unspecified atom stereocenters. The molecule has 0 atom stereocenters. The molecule has 0 amide bonds. The molecule has 22 heavy (non-hydrogen) atoms. The van der Waals surface area contributed by atoms with E-state index in [0.29, 0.717) is 11.1 Å². The second-order valence-corrected chi connectivity index (χ2v) is 4.92. The topological polar surface area (TPSA) is 66.8 Å². The maximum Gasteiger partial charge on any atom is 0.338 e. The summed E-state index contributed by atoms with van der Waals surface area (Å²) in [7, 11) is 0. The van der Waals surface area contributed by atoms with Gasteiger partial charge >= 0.3 is 5.97 Å². The lowest BCUT2D eigenvalue weighted by Crippen LogP contribution is -2.05. The summed E-state index contributed by atoms with van der Waals surface area (Å²) in [6, 6.07) is 17.6. The summed E-state index contributed by atoms with van der Waals surface area (Å²) in [5.41, 5.74) is 0.799. The molecule has 0 spiro atoms. The van der Waals surface area contributed by atoms with Crippen LogP contribution in [0.25, 0.3) is 10.8 Å². The van der Waals surface area contributed by atoms with Crippen LogP contribution in [-0.4, -0.2) is 16.2 Å². The predicted molar refractivity (Wildman–Crippen MR) is 82.8 cm³/mol. The van der Waals surface area contributed by atoms with E-state index in [1.54, 1.807) is 24.3 Å². The zero-order chi connectivity index (χ0) is 15.5. The molecule has 0 saturated heterocycles. The van der Waals surface area contributed by atoms with Crippen LogP contribution in [0.1, 0.15) is 15.9 Å². The van der Waals surface area contributed by atoms with Crippen molar-refractivity contribution in [1.29, 1.82) is 0 Å². The SMILES string of the molecule is O=C(OCc1cccc(O)c1O)c1ccc2ccccc2c1. The fraction of sp³-hybridized carbons (Fsp3) is 0.0556. The van der Waals surface area contributed by atoms with Crippen LogP contribution in [0, 0.1) is 0 Å². The molecule has 0 aliphatic heterocycles. The van der Waals surface area contributed by atoms with Gasteiger partial charge in [0.25, 0.3) is 0 Å². The lowest BCUT2D eigenvalue weighted by Gasteiger charge is -2.08. The maximum absolute atomic E-state index is 12.1. The van der Waals surface area contributed by atoms with Gasteiger partial charge in [-0.25, -0.2) is 4.79 Å². The quantitative estimate of drug-likeness (QED) is 0.572. The van der Waals surface area contributed by atoms with Crippen molar-refractivity contribution in [3.8, 4) is 11.5 Å². The lowest BCUT2D eigenvalue weighted by atomic mass is 10.1. The number of carbonyl (C=O) groups is 1. The molecule has 2 N–H and O–H groups in total. The number of phenols is 2. The Labute approximate surface area is 127 Å². The summed E-state index contributed by atoms with van der Waals surface area (Å²) >= 11 is 0. The number of hydrogen-bond acceptors (Lipinski definition) is 4. The maximum atomic E-state index is 12.1. The zero-order valence-corrected chi connectivity index (χ0v) is 11.7. The van der Waals surface area contributed by atoms with E-state index in [1.807, 2.05) is 30.3 Å². The largest absolute Gasteiger partial charge is 0.504 e. The Hall–Kier alpha value is -3.01. The second kappa shape index (κ2) is 5.77. The zero-order valence-electron chi connectivity index (χ0n) is 11.7.